The van der Waals surface area contributed by atoms with E-state index in [-0.39, 0.29) is 12.4 Å². The van der Waals surface area contributed by atoms with Gasteiger partial charge in [-0.3, -0.25) is 0 Å². The number of unbranched alkanes of at least 4 members (excludes halogenated alkanes) is 2. The maximum atomic E-state index is 13.9. The van der Waals surface area contributed by atoms with Crippen LogP contribution in [-0.2, 0) is 9.47 Å². The van der Waals surface area contributed by atoms with Crippen molar-refractivity contribution in [1.29, 1.82) is 0 Å². The van der Waals surface area contributed by atoms with E-state index in [4.69, 9.17) is 9.47 Å². The zero-order valence-corrected chi connectivity index (χ0v) is 22.3. The Morgan fingerprint density at radius 3 is 1.75 bits per heavy atom. The van der Waals surface area contributed by atoms with Gasteiger partial charge in [0.15, 0.2) is 6.29 Å². The summed E-state index contributed by atoms with van der Waals surface area (Å²) >= 11 is 0. The minimum absolute atomic E-state index is 0.0649. The Bertz CT molecular complexity index is 661. The van der Waals surface area contributed by atoms with Gasteiger partial charge in [-0.25, -0.2) is 4.39 Å². The first-order valence-electron chi connectivity index (χ1n) is 15.0. The van der Waals surface area contributed by atoms with Crippen LogP contribution in [0.3, 0.4) is 0 Å². The second-order valence-electron chi connectivity index (χ2n) is 12.4. The van der Waals surface area contributed by atoms with Crippen LogP contribution >= 0.6 is 0 Å². The lowest BCUT2D eigenvalue weighted by atomic mass is 9.69. The number of ether oxygens (including phenoxy) is 2. The van der Waals surface area contributed by atoms with E-state index in [0.29, 0.717) is 36.5 Å². The van der Waals surface area contributed by atoms with Crippen molar-refractivity contribution in [2.24, 2.45) is 41.4 Å². The zero-order valence-electron chi connectivity index (χ0n) is 22.3. The van der Waals surface area contributed by atoms with Gasteiger partial charge in [-0.2, -0.15) is 13.2 Å². The summed E-state index contributed by atoms with van der Waals surface area (Å²) in [4.78, 5) is 0. The molecule has 0 amide bonds. The molecule has 3 aliphatic carbocycles. The third kappa shape index (κ3) is 8.19. The number of hydrogen-bond acceptors (Lipinski definition) is 2. The third-order valence-corrected chi connectivity index (χ3v) is 10.1. The van der Waals surface area contributed by atoms with Gasteiger partial charge in [-0.1, -0.05) is 45.4 Å². The molecule has 0 aromatic carbocycles. The summed E-state index contributed by atoms with van der Waals surface area (Å²) in [7, 11) is 0. The van der Waals surface area contributed by atoms with Crippen molar-refractivity contribution in [3.8, 4) is 0 Å². The Kier molecular flexibility index (Phi) is 10.6. The molecule has 0 spiro atoms. The van der Waals surface area contributed by atoms with Gasteiger partial charge in [-0.15, -0.1) is 0 Å². The Labute approximate surface area is 215 Å². The normalized spacial score (nSPS) is 39.2. The van der Waals surface area contributed by atoms with Crippen molar-refractivity contribution in [2.45, 2.75) is 122 Å². The fourth-order valence-electron chi connectivity index (χ4n) is 7.74. The highest BCUT2D eigenvalue weighted by molar-refractivity contribution is 5.03. The van der Waals surface area contributed by atoms with Gasteiger partial charge >= 0.3 is 6.18 Å². The molecule has 208 valence electrons. The fraction of sp³-hybridized carbons (Fsp3) is 0.933. The molecular weight excluding hydrogens is 468 g/mol. The highest BCUT2D eigenvalue weighted by Gasteiger charge is 2.38. The lowest BCUT2D eigenvalue weighted by Crippen LogP contribution is -2.42. The van der Waals surface area contributed by atoms with E-state index < -0.39 is 17.9 Å². The van der Waals surface area contributed by atoms with Gasteiger partial charge in [0.25, 0.3) is 0 Å². The predicted molar refractivity (Wildman–Crippen MR) is 135 cm³/mol. The Morgan fingerprint density at radius 2 is 1.19 bits per heavy atom. The lowest BCUT2D eigenvalue weighted by Gasteiger charge is -2.42. The van der Waals surface area contributed by atoms with Gasteiger partial charge in [0.1, 0.15) is 5.83 Å². The van der Waals surface area contributed by atoms with Crippen molar-refractivity contribution in [1.82, 2.24) is 0 Å². The van der Waals surface area contributed by atoms with Crippen molar-refractivity contribution in [3.05, 3.63) is 11.9 Å². The van der Waals surface area contributed by atoms with Crippen LogP contribution in [0.2, 0.25) is 0 Å². The first-order chi connectivity index (χ1) is 17.3. The van der Waals surface area contributed by atoms with E-state index in [9.17, 15) is 17.6 Å². The SMILES string of the molecule is CCCCCC1CCC(C2COC(C3CCC(C4CCC(/C(F)=C/C(F)(F)F)CC4)CC3)OC2)CC1. The lowest BCUT2D eigenvalue weighted by molar-refractivity contribution is -0.237. The fourth-order valence-corrected chi connectivity index (χ4v) is 7.74. The van der Waals surface area contributed by atoms with Gasteiger partial charge in [0, 0.05) is 17.8 Å². The monoisotopic (exact) mass is 516 g/mol. The Hall–Kier alpha value is -0.620. The van der Waals surface area contributed by atoms with Crippen LogP contribution in [0.1, 0.15) is 110 Å². The summed E-state index contributed by atoms with van der Waals surface area (Å²) in [5.41, 5.74) is 0. The third-order valence-electron chi connectivity index (χ3n) is 10.1. The van der Waals surface area contributed by atoms with Crippen LogP contribution in [-0.4, -0.2) is 25.7 Å². The number of allylic oxidation sites excluding steroid dienone is 2. The number of alkyl halides is 3. The molecule has 1 heterocycles. The van der Waals surface area contributed by atoms with Crippen LogP contribution in [0.4, 0.5) is 17.6 Å². The molecule has 0 unspecified atom stereocenters. The standard InChI is InChI=1S/C30H48F4O2/c1-2-3-4-5-21-6-8-24(9-7-21)27-19-35-29(36-20-27)26-16-12-23(13-17-26)22-10-14-25(15-11-22)28(31)18-30(32,33)34/h18,21-27,29H,2-17,19-20H2,1H3/b28-18-. The molecule has 0 atom stereocenters. The van der Waals surface area contributed by atoms with Gasteiger partial charge in [-0.05, 0) is 87.9 Å². The van der Waals surface area contributed by atoms with Crippen LogP contribution in [0.15, 0.2) is 11.9 Å². The van der Waals surface area contributed by atoms with E-state index in [0.717, 1.165) is 63.6 Å². The molecule has 0 N–H and O–H groups in total. The predicted octanol–water partition coefficient (Wildman–Crippen LogP) is 9.39. The second-order valence-corrected chi connectivity index (χ2v) is 12.4. The smallest absolute Gasteiger partial charge is 0.352 e. The maximum absolute atomic E-state index is 13.9. The molecule has 2 nitrogen and oxygen atoms in total. The molecule has 3 saturated carbocycles. The number of hydrogen-bond donors (Lipinski definition) is 0. The summed E-state index contributed by atoms with van der Waals surface area (Å²) in [5, 5.41) is 0. The Morgan fingerprint density at radius 1 is 0.694 bits per heavy atom. The van der Waals surface area contributed by atoms with Crippen molar-refractivity contribution in [3.63, 3.8) is 0 Å². The molecule has 0 aromatic heterocycles. The second kappa shape index (κ2) is 13.4. The number of rotatable bonds is 8. The maximum Gasteiger partial charge on any atom is 0.412 e. The minimum Gasteiger partial charge on any atom is -0.352 e. The molecule has 6 heteroatoms. The van der Waals surface area contributed by atoms with E-state index >= 15 is 0 Å². The minimum atomic E-state index is -4.56. The van der Waals surface area contributed by atoms with Crippen molar-refractivity contribution >= 4 is 0 Å². The Balaban J connectivity index is 1.12. The largest absolute Gasteiger partial charge is 0.412 e. The summed E-state index contributed by atoms with van der Waals surface area (Å²) < 4.78 is 63.9. The first-order valence-corrected chi connectivity index (χ1v) is 15.0. The van der Waals surface area contributed by atoms with Gasteiger partial charge < -0.3 is 9.47 Å². The van der Waals surface area contributed by atoms with Crippen LogP contribution in [0, 0.1) is 41.4 Å². The summed E-state index contributed by atoms with van der Waals surface area (Å²) in [5.74, 6) is 2.32. The van der Waals surface area contributed by atoms with Gasteiger partial charge in [0.2, 0.25) is 0 Å². The summed E-state index contributed by atoms with van der Waals surface area (Å²) in [6.07, 6.45) is 13.4. The highest BCUT2D eigenvalue weighted by atomic mass is 19.4. The highest BCUT2D eigenvalue weighted by Crippen LogP contribution is 2.45. The topological polar surface area (TPSA) is 18.5 Å². The first kappa shape index (κ1) is 28.4. The van der Waals surface area contributed by atoms with E-state index in [1.165, 1.54) is 51.4 Å². The van der Waals surface area contributed by atoms with Gasteiger partial charge in [0.05, 0.1) is 19.3 Å². The van der Waals surface area contributed by atoms with E-state index in [1.54, 1.807) is 0 Å². The van der Waals surface area contributed by atoms with E-state index in [2.05, 4.69) is 6.92 Å². The van der Waals surface area contributed by atoms with Crippen LogP contribution in [0.5, 0.6) is 0 Å². The summed E-state index contributed by atoms with van der Waals surface area (Å²) in [6, 6.07) is 0. The molecule has 4 rings (SSSR count). The van der Waals surface area contributed by atoms with E-state index in [1.807, 2.05) is 0 Å². The van der Waals surface area contributed by atoms with Crippen molar-refractivity contribution in [2.75, 3.05) is 13.2 Å². The average molecular weight is 517 g/mol. The quantitative estimate of drug-likeness (QED) is 0.236. The van der Waals surface area contributed by atoms with Crippen LogP contribution < -0.4 is 0 Å². The zero-order chi connectivity index (χ0) is 25.5. The molecule has 1 saturated heterocycles. The molecule has 4 fully saturated rings. The molecule has 0 aromatic rings. The van der Waals surface area contributed by atoms with Crippen molar-refractivity contribution < 1.29 is 27.0 Å². The average Bonchev–Trinajstić information content (AvgIpc) is 2.89. The molecule has 1 aliphatic heterocycles. The summed E-state index contributed by atoms with van der Waals surface area (Å²) in [6.45, 7) is 3.97. The van der Waals surface area contributed by atoms with Crippen LogP contribution in [0.25, 0.3) is 0 Å². The molecule has 4 aliphatic rings. The molecule has 0 radical (unpaired) electrons. The molecule has 36 heavy (non-hydrogen) atoms. The molecule has 0 bridgehead atoms. The number of halogens is 4. The molecular formula is C30H48F4O2.